The zero-order valence-corrected chi connectivity index (χ0v) is 13.8. The molecule has 3 rings (SSSR count). The molecular formula is C18H17Cl2NO. The van der Waals surface area contributed by atoms with Crippen LogP contribution in [0, 0.1) is 6.92 Å². The molecule has 2 aromatic carbocycles. The summed E-state index contributed by atoms with van der Waals surface area (Å²) in [5.41, 5.74) is 2.65. The van der Waals surface area contributed by atoms with Crippen LogP contribution in [0.3, 0.4) is 0 Å². The average Bonchev–Trinajstić information content (AvgIpc) is 2.47. The molecule has 1 aliphatic carbocycles. The van der Waals surface area contributed by atoms with Gasteiger partial charge < -0.3 is 5.32 Å². The van der Waals surface area contributed by atoms with E-state index in [1.54, 1.807) is 0 Å². The molecule has 0 saturated heterocycles. The van der Waals surface area contributed by atoms with Gasteiger partial charge in [0, 0.05) is 27.6 Å². The van der Waals surface area contributed by atoms with E-state index in [2.05, 4.69) is 5.32 Å². The Kier molecular flexibility index (Phi) is 4.42. The number of hydrogen-bond acceptors (Lipinski definition) is 1. The molecule has 1 saturated carbocycles. The summed E-state index contributed by atoms with van der Waals surface area (Å²) in [7, 11) is 0. The molecule has 114 valence electrons. The van der Waals surface area contributed by atoms with E-state index in [1.807, 2.05) is 49.4 Å². The maximum atomic E-state index is 12.4. The SMILES string of the molecule is Cc1ccccc1C(=O)NC1CCC1c1c(Cl)cccc1Cl. The van der Waals surface area contributed by atoms with Crippen molar-refractivity contribution in [2.45, 2.75) is 31.7 Å². The van der Waals surface area contributed by atoms with Gasteiger partial charge in [0.25, 0.3) is 5.91 Å². The molecule has 1 N–H and O–H groups in total. The summed E-state index contributed by atoms with van der Waals surface area (Å²) in [5, 5.41) is 4.47. The number of rotatable bonds is 3. The number of carbonyl (C=O) groups excluding carboxylic acids is 1. The third-order valence-electron chi connectivity index (χ3n) is 4.35. The van der Waals surface area contributed by atoms with Gasteiger partial charge in [0.05, 0.1) is 0 Å². The minimum absolute atomic E-state index is 0.0315. The number of nitrogens with one attached hydrogen (secondary N) is 1. The Morgan fingerprint density at radius 1 is 1.05 bits per heavy atom. The summed E-state index contributed by atoms with van der Waals surface area (Å²) in [6.45, 7) is 1.94. The Morgan fingerprint density at radius 3 is 2.32 bits per heavy atom. The second kappa shape index (κ2) is 6.31. The van der Waals surface area contributed by atoms with Crippen LogP contribution in [0.2, 0.25) is 10.0 Å². The highest BCUT2D eigenvalue weighted by atomic mass is 35.5. The largest absolute Gasteiger partial charge is 0.349 e. The lowest BCUT2D eigenvalue weighted by Gasteiger charge is -2.38. The summed E-state index contributed by atoms with van der Waals surface area (Å²) in [5.74, 6) is 0.158. The van der Waals surface area contributed by atoms with Crippen molar-refractivity contribution in [2.75, 3.05) is 0 Å². The Hall–Kier alpha value is -1.51. The summed E-state index contributed by atoms with van der Waals surface area (Å²) in [6.07, 6.45) is 1.94. The van der Waals surface area contributed by atoms with Gasteiger partial charge in [-0.05, 0) is 49.1 Å². The van der Waals surface area contributed by atoms with Crippen molar-refractivity contribution < 1.29 is 4.79 Å². The molecule has 0 spiro atoms. The predicted molar refractivity (Wildman–Crippen MR) is 90.9 cm³/mol. The standard InChI is InChI=1S/C18H17Cl2NO/c1-11-5-2-3-6-12(11)18(22)21-16-10-9-13(16)17-14(19)7-4-8-15(17)20/h2-8,13,16H,9-10H2,1H3,(H,21,22). The number of amides is 1. The Labute approximate surface area is 140 Å². The lowest BCUT2D eigenvalue weighted by molar-refractivity contribution is 0.0904. The molecule has 1 amide bonds. The van der Waals surface area contributed by atoms with Crippen LogP contribution in [0.5, 0.6) is 0 Å². The minimum atomic E-state index is -0.0315. The minimum Gasteiger partial charge on any atom is -0.349 e. The van der Waals surface area contributed by atoms with Crippen LogP contribution < -0.4 is 5.32 Å². The van der Waals surface area contributed by atoms with Crippen molar-refractivity contribution in [1.29, 1.82) is 0 Å². The number of halogens is 2. The van der Waals surface area contributed by atoms with E-state index in [1.165, 1.54) is 0 Å². The molecule has 1 aliphatic rings. The average molecular weight is 334 g/mol. The van der Waals surface area contributed by atoms with Gasteiger partial charge in [-0.2, -0.15) is 0 Å². The molecule has 0 aromatic heterocycles. The second-order valence-electron chi connectivity index (χ2n) is 5.71. The summed E-state index contributed by atoms with van der Waals surface area (Å²) in [4.78, 5) is 12.4. The Balaban J connectivity index is 1.77. The fourth-order valence-corrected chi connectivity index (χ4v) is 3.63. The van der Waals surface area contributed by atoms with Crippen molar-refractivity contribution in [3.8, 4) is 0 Å². The maximum absolute atomic E-state index is 12.4. The van der Waals surface area contributed by atoms with Crippen LogP contribution in [0.1, 0.15) is 40.2 Å². The molecule has 1 fully saturated rings. The smallest absolute Gasteiger partial charge is 0.251 e. The molecule has 0 radical (unpaired) electrons. The van der Waals surface area contributed by atoms with E-state index in [4.69, 9.17) is 23.2 Å². The highest BCUT2D eigenvalue weighted by Crippen LogP contribution is 2.43. The van der Waals surface area contributed by atoms with E-state index >= 15 is 0 Å². The second-order valence-corrected chi connectivity index (χ2v) is 6.53. The van der Waals surface area contributed by atoms with Crippen LogP contribution in [0.25, 0.3) is 0 Å². The van der Waals surface area contributed by atoms with Crippen LogP contribution in [-0.2, 0) is 0 Å². The maximum Gasteiger partial charge on any atom is 0.251 e. The molecule has 2 aromatic rings. The molecule has 2 nitrogen and oxygen atoms in total. The zero-order chi connectivity index (χ0) is 15.7. The van der Waals surface area contributed by atoms with Gasteiger partial charge in [0.2, 0.25) is 0 Å². The number of benzene rings is 2. The molecular weight excluding hydrogens is 317 g/mol. The molecule has 0 bridgehead atoms. The molecule has 22 heavy (non-hydrogen) atoms. The first kappa shape index (κ1) is 15.4. The van der Waals surface area contributed by atoms with Crippen molar-refractivity contribution in [3.63, 3.8) is 0 Å². The zero-order valence-electron chi connectivity index (χ0n) is 12.3. The molecule has 2 atom stereocenters. The number of carbonyl (C=O) groups is 1. The van der Waals surface area contributed by atoms with Gasteiger partial charge in [0.1, 0.15) is 0 Å². The monoisotopic (exact) mass is 333 g/mol. The van der Waals surface area contributed by atoms with Crippen molar-refractivity contribution >= 4 is 29.1 Å². The van der Waals surface area contributed by atoms with E-state index in [0.717, 1.165) is 29.5 Å². The first-order valence-electron chi connectivity index (χ1n) is 7.38. The summed E-state index contributed by atoms with van der Waals surface area (Å²) in [6, 6.07) is 13.2. The molecule has 4 heteroatoms. The van der Waals surface area contributed by atoms with Crippen molar-refractivity contribution in [1.82, 2.24) is 5.32 Å². The molecule has 0 heterocycles. The first-order chi connectivity index (χ1) is 10.6. The lowest BCUT2D eigenvalue weighted by Crippen LogP contribution is -2.45. The number of aryl methyl sites for hydroxylation is 1. The molecule has 0 aliphatic heterocycles. The van der Waals surface area contributed by atoms with Gasteiger partial charge in [-0.1, -0.05) is 47.5 Å². The van der Waals surface area contributed by atoms with Gasteiger partial charge in [-0.15, -0.1) is 0 Å². The van der Waals surface area contributed by atoms with E-state index < -0.39 is 0 Å². The predicted octanol–water partition coefficient (Wildman–Crippen LogP) is 4.98. The highest BCUT2D eigenvalue weighted by molar-refractivity contribution is 6.36. The Bertz CT molecular complexity index is 694. The Morgan fingerprint density at radius 2 is 1.73 bits per heavy atom. The third kappa shape index (κ3) is 2.86. The van der Waals surface area contributed by atoms with E-state index in [9.17, 15) is 4.79 Å². The fraction of sp³-hybridized carbons (Fsp3) is 0.278. The van der Waals surface area contributed by atoms with Gasteiger partial charge >= 0.3 is 0 Å². The van der Waals surface area contributed by atoms with Crippen molar-refractivity contribution in [3.05, 3.63) is 69.2 Å². The van der Waals surface area contributed by atoms with E-state index in [-0.39, 0.29) is 17.9 Å². The quantitative estimate of drug-likeness (QED) is 0.843. The van der Waals surface area contributed by atoms with Crippen LogP contribution in [0.4, 0.5) is 0 Å². The van der Waals surface area contributed by atoms with Crippen molar-refractivity contribution in [2.24, 2.45) is 0 Å². The number of hydrogen-bond donors (Lipinski definition) is 1. The molecule has 2 unspecified atom stereocenters. The van der Waals surface area contributed by atoms with Crippen LogP contribution >= 0.6 is 23.2 Å². The third-order valence-corrected chi connectivity index (χ3v) is 5.01. The van der Waals surface area contributed by atoms with Crippen LogP contribution in [0.15, 0.2) is 42.5 Å². The van der Waals surface area contributed by atoms with Crippen LogP contribution in [-0.4, -0.2) is 11.9 Å². The first-order valence-corrected chi connectivity index (χ1v) is 8.14. The topological polar surface area (TPSA) is 29.1 Å². The summed E-state index contributed by atoms with van der Waals surface area (Å²) >= 11 is 12.6. The lowest BCUT2D eigenvalue weighted by atomic mass is 9.75. The van der Waals surface area contributed by atoms with Gasteiger partial charge in [-0.3, -0.25) is 4.79 Å². The summed E-state index contributed by atoms with van der Waals surface area (Å²) < 4.78 is 0. The highest BCUT2D eigenvalue weighted by Gasteiger charge is 2.36. The van der Waals surface area contributed by atoms with E-state index in [0.29, 0.717) is 10.0 Å². The van der Waals surface area contributed by atoms with Gasteiger partial charge in [-0.25, -0.2) is 0 Å². The van der Waals surface area contributed by atoms with Gasteiger partial charge in [0.15, 0.2) is 0 Å². The normalized spacial score (nSPS) is 20.3. The fourth-order valence-electron chi connectivity index (χ4n) is 2.96.